The third-order valence-electron chi connectivity index (χ3n) is 3.97. The molecule has 1 aliphatic carbocycles. The van der Waals surface area contributed by atoms with Gasteiger partial charge in [0.2, 0.25) is 0 Å². The summed E-state index contributed by atoms with van der Waals surface area (Å²) in [6, 6.07) is 4.45. The van der Waals surface area contributed by atoms with E-state index in [1.807, 2.05) is 30.9 Å². The fourth-order valence-electron chi connectivity index (χ4n) is 2.91. The summed E-state index contributed by atoms with van der Waals surface area (Å²) in [4.78, 5) is 8.51. The Bertz CT molecular complexity index is 521. The normalized spacial score (nSPS) is 17.3. The molecule has 0 amide bonds. The minimum Gasteiger partial charge on any atom is -0.384 e. The van der Waals surface area contributed by atoms with Crippen molar-refractivity contribution in [1.82, 2.24) is 14.5 Å². The molecule has 0 bridgehead atoms. The lowest BCUT2D eigenvalue weighted by molar-refractivity contribution is 0.447. The van der Waals surface area contributed by atoms with E-state index in [0.717, 1.165) is 11.3 Å². The summed E-state index contributed by atoms with van der Waals surface area (Å²) < 4.78 is 2.32. The van der Waals surface area contributed by atoms with Gasteiger partial charge in [0.1, 0.15) is 5.82 Å². The van der Waals surface area contributed by atoms with Gasteiger partial charge in [-0.05, 0) is 25.0 Å². The molecule has 3 rings (SSSR count). The SMILES string of the molecule is Nc1ccc(-c2cncn2C2CCCCCC2)cn1. The highest BCUT2D eigenvalue weighted by molar-refractivity contribution is 5.59. The maximum atomic E-state index is 5.65. The first kappa shape index (κ1) is 12.2. The molecule has 0 atom stereocenters. The summed E-state index contributed by atoms with van der Waals surface area (Å²) in [5.41, 5.74) is 7.89. The van der Waals surface area contributed by atoms with Crippen LogP contribution in [0.3, 0.4) is 0 Å². The van der Waals surface area contributed by atoms with Crippen molar-refractivity contribution in [2.75, 3.05) is 5.73 Å². The first-order chi connectivity index (χ1) is 9.34. The Labute approximate surface area is 113 Å². The number of hydrogen-bond donors (Lipinski definition) is 1. The number of anilines is 1. The molecule has 1 aliphatic rings. The van der Waals surface area contributed by atoms with Crippen molar-refractivity contribution < 1.29 is 0 Å². The van der Waals surface area contributed by atoms with Crippen LogP contribution in [0.2, 0.25) is 0 Å². The van der Waals surface area contributed by atoms with Crippen LogP contribution in [-0.2, 0) is 0 Å². The molecule has 100 valence electrons. The molecule has 4 heteroatoms. The Morgan fingerprint density at radius 1 is 1.05 bits per heavy atom. The first-order valence-corrected chi connectivity index (χ1v) is 7.08. The number of nitrogen functional groups attached to an aromatic ring is 1. The van der Waals surface area contributed by atoms with Crippen molar-refractivity contribution in [1.29, 1.82) is 0 Å². The molecule has 19 heavy (non-hydrogen) atoms. The predicted octanol–water partition coefficient (Wildman–Crippen LogP) is 3.42. The molecule has 0 aliphatic heterocycles. The second-order valence-corrected chi connectivity index (χ2v) is 5.30. The molecule has 2 aromatic rings. The van der Waals surface area contributed by atoms with E-state index in [1.165, 1.54) is 38.5 Å². The number of nitrogens with two attached hydrogens (primary N) is 1. The van der Waals surface area contributed by atoms with Gasteiger partial charge in [-0.1, -0.05) is 25.7 Å². The van der Waals surface area contributed by atoms with Gasteiger partial charge in [-0.25, -0.2) is 9.97 Å². The summed E-state index contributed by atoms with van der Waals surface area (Å²) in [5.74, 6) is 0.560. The van der Waals surface area contributed by atoms with E-state index in [0.29, 0.717) is 11.9 Å². The molecule has 0 radical (unpaired) electrons. The van der Waals surface area contributed by atoms with Crippen LogP contribution < -0.4 is 5.73 Å². The second kappa shape index (κ2) is 5.43. The molecule has 1 saturated carbocycles. The number of rotatable bonds is 2. The van der Waals surface area contributed by atoms with Crippen molar-refractivity contribution in [3.8, 4) is 11.3 Å². The van der Waals surface area contributed by atoms with Gasteiger partial charge in [-0.3, -0.25) is 0 Å². The van der Waals surface area contributed by atoms with E-state index in [-0.39, 0.29) is 0 Å². The Balaban J connectivity index is 1.90. The topological polar surface area (TPSA) is 56.7 Å². The Morgan fingerprint density at radius 3 is 2.53 bits per heavy atom. The van der Waals surface area contributed by atoms with Crippen LogP contribution in [0.5, 0.6) is 0 Å². The first-order valence-electron chi connectivity index (χ1n) is 7.08. The molecule has 0 spiro atoms. The third-order valence-corrected chi connectivity index (χ3v) is 3.97. The molecular formula is C15H20N4. The molecule has 0 aromatic carbocycles. The quantitative estimate of drug-likeness (QED) is 0.837. The monoisotopic (exact) mass is 256 g/mol. The molecule has 1 fully saturated rings. The van der Waals surface area contributed by atoms with Crippen LogP contribution in [0.15, 0.2) is 30.9 Å². The zero-order valence-corrected chi connectivity index (χ0v) is 11.1. The number of hydrogen-bond acceptors (Lipinski definition) is 3. The maximum Gasteiger partial charge on any atom is 0.123 e. The van der Waals surface area contributed by atoms with Crippen LogP contribution in [0.1, 0.15) is 44.6 Å². The van der Waals surface area contributed by atoms with Gasteiger partial charge in [0, 0.05) is 17.8 Å². The van der Waals surface area contributed by atoms with E-state index in [2.05, 4.69) is 14.5 Å². The molecular weight excluding hydrogens is 236 g/mol. The van der Waals surface area contributed by atoms with Gasteiger partial charge < -0.3 is 10.3 Å². The average molecular weight is 256 g/mol. The molecule has 2 N–H and O–H groups in total. The molecule has 4 nitrogen and oxygen atoms in total. The molecule has 0 unspecified atom stereocenters. The fourth-order valence-corrected chi connectivity index (χ4v) is 2.91. The van der Waals surface area contributed by atoms with Crippen molar-refractivity contribution in [2.24, 2.45) is 0 Å². The van der Waals surface area contributed by atoms with Crippen molar-refractivity contribution in [3.63, 3.8) is 0 Å². The second-order valence-electron chi connectivity index (χ2n) is 5.30. The van der Waals surface area contributed by atoms with Gasteiger partial charge >= 0.3 is 0 Å². The van der Waals surface area contributed by atoms with E-state index < -0.39 is 0 Å². The number of imidazole rings is 1. The average Bonchev–Trinajstić information content (AvgIpc) is 2.75. The zero-order valence-electron chi connectivity index (χ0n) is 11.1. The predicted molar refractivity (Wildman–Crippen MR) is 76.6 cm³/mol. The minimum atomic E-state index is 0.560. The van der Waals surface area contributed by atoms with E-state index in [1.54, 1.807) is 0 Å². The highest BCUT2D eigenvalue weighted by Crippen LogP contribution is 2.31. The van der Waals surface area contributed by atoms with Crippen molar-refractivity contribution in [3.05, 3.63) is 30.9 Å². The molecule has 2 aromatic heterocycles. The fraction of sp³-hybridized carbons (Fsp3) is 0.467. The summed E-state index contributed by atoms with van der Waals surface area (Å²) in [6.07, 6.45) is 13.6. The maximum absolute atomic E-state index is 5.65. The van der Waals surface area contributed by atoms with Crippen LogP contribution in [0.25, 0.3) is 11.3 Å². The van der Waals surface area contributed by atoms with Crippen LogP contribution in [0.4, 0.5) is 5.82 Å². The van der Waals surface area contributed by atoms with Crippen LogP contribution in [-0.4, -0.2) is 14.5 Å². The highest BCUT2D eigenvalue weighted by atomic mass is 15.1. The minimum absolute atomic E-state index is 0.560. The van der Waals surface area contributed by atoms with Crippen LogP contribution >= 0.6 is 0 Å². The van der Waals surface area contributed by atoms with E-state index >= 15 is 0 Å². The number of nitrogens with zero attached hydrogens (tertiary/aromatic N) is 3. The number of pyridine rings is 1. The third kappa shape index (κ3) is 2.62. The Hall–Kier alpha value is -1.84. The van der Waals surface area contributed by atoms with Crippen LogP contribution in [0, 0.1) is 0 Å². The van der Waals surface area contributed by atoms with Gasteiger partial charge in [0.15, 0.2) is 0 Å². The Morgan fingerprint density at radius 2 is 1.84 bits per heavy atom. The molecule has 0 saturated heterocycles. The zero-order chi connectivity index (χ0) is 13.1. The smallest absolute Gasteiger partial charge is 0.123 e. The summed E-state index contributed by atoms with van der Waals surface area (Å²) in [5, 5.41) is 0. The Kier molecular flexibility index (Phi) is 3.49. The lowest BCUT2D eigenvalue weighted by atomic mass is 10.1. The lowest BCUT2D eigenvalue weighted by Crippen LogP contribution is -2.08. The van der Waals surface area contributed by atoms with Gasteiger partial charge in [0.25, 0.3) is 0 Å². The van der Waals surface area contributed by atoms with Gasteiger partial charge in [-0.2, -0.15) is 0 Å². The standard InChI is InChI=1S/C15H20N4/c16-15-8-7-12(9-18-15)14-10-17-11-19(14)13-5-3-1-2-4-6-13/h7-11,13H,1-6H2,(H2,16,18). The van der Waals surface area contributed by atoms with Gasteiger partial charge in [0.05, 0.1) is 18.2 Å². The molecule has 2 heterocycles. The number of aromatic nitrogens is 3. The van der Waals surface area contributed by atoms with Crippen molar-refractivity contribution >= 4 is 5.82 Å². The van der Waals surface area contributed by atoms with E-state index in [9.17, 15) is 0 Å². The summed E-state index contributed by atoms with van der Waals surface area (Å²) in [6.45, 7) is 0. The largest absolute Gasteiger partial charge is 0.384 e. The summed E-state index contributed by atoms with van der Waals surface area (Å²) in [7, 11) is 0. The highest BCUT2D eigenvalue weighted by Gasteiger charge is 2.17. The lowest BCUT2D eigenvalue weighted by Gasteiger charge is -2.19. The van der Waals surface area contributed by atoms with Crippen molar-refractivity contribution in [2.45, 2.75) is 44.6 Å². The van der Waals surface area contributed by atoms with E-state index in [4.69, 9.17) is 5.73 Å². The summed E-state index contributed by atoms with van der Waals surface area (Å²) >= 11 is 0. The van der Waals surface area contributed by atoms with Gasteiger partial charge in [-0.15, -0.1) is 0 Å².